The normalized spacial score (nSPS) is 11.3. The number of nitrogens with one attached hydrogen (secondary N) is 1. The lowest BCUT2D eigenvalue weighted by Crippen LogP contribution is -2.38. The highest BCUT2D eigenvalue weighted by atomic mass is 32.2. The molecule has 3 N–H and O–H groups in total. The van der Waals surface area contributed by atoms with Gasteiger partial charge in [0, 0.05) is 4.90 Å². The fourth-order valence-electron chi connectivity index (χ4n) is 1.90. The number of carbonyl (C=O) groups excluding carboxylic acids is 3. The zero-order valence-electron chi connectivity index (χ0n) is 12.7. The third-order valence-electron chi connectivity index (χ3n) is 2.92. The Morgan fingerprint density at radius 2 is 1.58 bits per heavy atom. The number of imide groups is 1. The smallest absolute Gasteiger partial charge is 0.324 e. The van der Waals surface area contributed by atoms with Crippen molar-refractivity contribution in [1.82, 2.24) is 5.32 Å². The van der Waals surface area contributed by atoms with Crippen LogP contribution in [-0.2, 0) is 14.3 Å². The van der Waals surface area contributed by atoms with Crippen molar-refractivity contribution in [3.8, 4) is 0 Å². The number of thioether (sulfide) groups is 1. The van der Waals surface area contributed by atoms with Crippen LogP contribution in [0.4, 0.5) is 4.79 Å². The van der Waals surface area contributed by atoms with Crippen LogP contribution in [0.2, 0.25) is 0 Å². The number of hydrogen-bond donors (Lipinski definition) is 2. The Morgan fingerprint density at radius 3 is 2.17 bits per heavy atom. The molecule has 0 spiro atoms. The molecule has 2 rings (SSSR count). The number of ether oxygens (including phenoxy) is 1. The zero-order chi connectivity index (χ0) is 17.4. The maximum absolute atomic E-state index is 12.4. The van der Waals surface area contributed by atoms with Crippen molar-refractivity contribution < 1.29 is 19.1 Å². The van der Waals surface area contributed by atoms with Gasteiger partial charge in [-0.1, -0.05) is 48.5 Å². The Balaban J connectivity index is 2.09. The molecule has 0 unspecified atom stereocenters. The van der Waals surface area contributed by atoms with Gasteiger partial charge >= 0.3 is 12.0 Å². The molecule has 1 atom stereocenters. The highest BCUT2D eigenvalue weighted by Gasteiger charge is 2.24. The highest BCUT2D eigenvalue weighted by molar-refractivity contribution is 8.00. The van der Waals surface area contributed by atoms with Crippen molar-refractivity contribution in [3.63, 3.8) is 0 Å². The molecule has 0 heterocycles. The largest absolute Gasteiger partial charge is 0.454 e. The molecular formula is C17H16N2O4S. The van der Waals surface area contributed by atoms with E-state index in [1.807, 2.05) is 66.0 Å². The van der Waals surface area contributed by atoms with E-state index in [-0.39, 0.29) is 0 Å². The minimum atomic E-state index is -0.991. The predicted molar refractivity (Wildman–Crippen MR) is 90.2 cm³/mol. The average Bonchev–Trinajstić information content (AvgIpc) is 2.58. The molecule has 0 fully saturated rings. The summed E-state index contributed by atoms with van der Waals surface area (Å²) in [5.41, 5.74) is 5.59. The topological polar surface area (TPSA) is 98.5 Å². The summed E-state index contributed by atoms with van der Waals surface area (Å²) in [4.78, 5) is 35.3. The van der Waals surface area contributed by atoms with Crippen LogP contribution >= 0.6 is 11.8 Å². The molecule has 0 saturated heterocycles. The number of urea groups is 1. The molecule has 2 aromatic rings. The van der Waals surface area contributed by atoms with E-state index in [0.717, 1.165) is 10.5 Å². The summed E-state index contributed by atoms with van der Waals surface area (Å²) in [6.07, 6.45) is 0. The van der Waals surface area contributed by atoms with Gasteiger partial charge in [0.2, 0.25) is 0 Å². The molecule has 0 aromatic heterocycles. The summed E-state index contributed by atoms with van der Waals surface area (Å²) >= 11 is 1.32. The predicted octanol–water partition coefficient (Wildman–Crippen LogP) is 2.26. The molecule has 0 radical (unpaired) electrons. The Hall–Kier alpha value is -2.80. The van der Waals surface area contributed by atoms with Gasteiger partial charge in [0.25, 0.3) is 5.91 Å². The van der Waals surface area contributed by atoms with Crippen molar-refractivity contribution >= 4 is 29.7 Å². The molecule has 7 heteroatoms. The van der Waals surface area contributed by atoms with E-state index in [0.29, 0.717) is 0 Å². The third-order valence-corrected chi connectivity index (χ3v) is 4.17. The first-order chi connectivity index (χ1) is 11.6. The molecule has 0 bridgehead atoms. The quantitative estimate of drug-likeness (QED) is 0.619. The summed E-state index contributed by atoms with van der Waals surface area (Å²) in [6.45, 7) is -0.569. The first kappa shape index (κ1) is 17.6. The van der Waals surface area contributed by atoms with Gasteiger partial charge in [0.1, 0.15) is 5.25 Å². The summed E-state index contributed by atoms with van der Waals surface area (Å²) in [7, 11) is 0. The van der Waals surface area contributed by atoms with Crippen LogP contribution in [-0.4, -0.2) is 24.5 Å². The van der Waals surface area contributed by atoms with Gasteiger partial charge in [-0.3, -0.25) is 14.9 Å². The van der Waals surface area contributed by atoms with Gasteiger partial charge in [-0.15, -0.1) is 11.8 Å². The lowest BCUT2D eigenvalue weighted by Gasteiger charge is -2.16. The van der Waals surface area contributed by atoms with Gasteiger partial charge in [-0.2, -0.15) is 0 Å². The van der Waals surface area contributed by atoms with Crippen molar-refractivity contribution in [2.45, 2.75) is 10.1 Å². The number of hydrogen-bond acceptors (Lipinski definition) is 5. The Bertz CT molecular complexity index is 707. The first-order valence-electron chi connectivity index (χ1n) is 7.09. The molecule has 2 aromatic carbocycles. The Kier molecular flexibility index (Phi) is 6.39. The summed E-state index contributed by atoms with van der Waals surface area (Å²) < 4.78 is 5.01. The van der Waals surface area contributed by atoms with Crippen molar-refractivity contribution in [2.75, 3.05) is 6.61 Å². The average molecular weight is 344 g/mol. The number of carbonyl (C=O) groups is 3. The van der Waals surface area contributed by atoms with E-state index in [9.17, 15) is 14.4 Å². The van der Waals surface area contributed by atoms with Gasteiger partial charge in [0.05, 0.1) is 0 Å². The highest BCUT2D eigenvalue weighted by Crippen LogP contribution is 2.36. The maximum atomic E-state index is 12.4. The van der Waals surface area contributed by atoms with Crippen molar-refractivity contribution in [2.24, 2.45) is 5.73 Å². The maximum Gasteiger partial charge on any atom is 0.324 e. The van der Waals surface area contributed by atoms with Gasteiger partial charge in [-0.05, 0) is 17.7 Å². The minimum absolute atomic E-state index is 0.569. The molecule has 6 nitrogen and oxygen atoms in total. The van der Waals surface area contributed by atoms with Crippen LogP contribution < -0.4 is 11.1 Å². The first-order valence-corrected chi connectivity index (χ1v) is 7.97. The number of nitrogens with two attached hydrogens (primary N) is 1. The fraction of sp³-hybridized carbons (Fsp3) is 0.118. The van der Waals surface area contributed by atoms with E-state index < -0.39 is 29.8 Å². The van der Waals surface area contributed by atoms with E-state index in [2.05, 4.69) is 0 Å². The standard InChI is InChI=1S/C17H16N2O4S/c18-17(22)19-14(20)11-23-16(21)15(12-7-3-1-4-8-12)24-13-9-5-2-6-10-13/h1-10,15H,11H2,(H3,18,19,20,22)/t15-/m0/s1. The fourth-order valence-corrected chi connectivity index (χ4v) is 2.94. The second-order valence-electron chi connectivity index (χ2n) is 4.74. The van der Waals surface area contributed by atoms with Crippen molar-refractivity contribution in [1.29, 1.82) is 0 Å². The molecule has 24 heavy (non-hydrogen) atoms. The lowest BCUT2D eigenvalue weighted by molar-refractivity contribution is -0.147. The number of amides is 3. The zero-order valence-corrected chi connectivity index (χ0v) is 13.5. The molecule has 3 amide bonds. The minimum Gasteiger partial charge on any atom is -0.454 e. The second-order valence-corrected chi connectivity index (χ2v) is 5.92. The number of primary amides is 1. The molecule has 0 aliphatic rings. The van der Waals surface area contributed by atoms with Crippen LogP contribution in [0.1, 0.15) is 10.8 Å². The molecule has 0 saturated carbocycles. The van der Waals surface area contributed by atoms with Gasteiger partial charge < -0.3 is 10.5 Å². The summed E-state index contributed by atoms with van der Waals surface area (Å²) in [5.74, 6) is -1.35. The van der Waals surface area contributed by atoms with E-state index in [4.69, 9.17) is 10.5 Å². The monoisotopic (exact) mass is 344 g/mol. The van der Waals surface area contributed by atoms with Crippen LogP contribution in [0.3, 0.4) is 0 Å². The number of esters is 1. The van der Waals surface area contributed by atoms with Crippen LogP contribution in [0.5, 0.6) is 0 Å². The van der Waals surface area contributed by atoms with Gasteiger partial charge in [-0.25, -0.2) is 4.79 Å². The van der Waals surface area contributed by atoms with E-state index in [1.165, 1.54) is 11.8 Å². The molecular weight excluding hydrogens is 328 g/mol. The SMILES string of the molecule is NC(=O)NC(=O)COC(=O)[C@@H](Sc1ccccc1)c1ccccc1. The number of benzene rings is 2. The van der Waals surface area contributed by atoms with Crippen LogP contribution in [0.15, 0.2) is 65.6 Å². The van der Waals surface area contributed by atoms with E-state index >= 15 is 0 Å². The van der Waals surface area contributed by atoms with Gasteiger partial charge in [0.15, 0.2) is 6.61 Å². The lowest BCUT2D eigenvalue weighted by atomic mass is 10.1. The Labute approximate surface area is 143 Å². The number of rotatable bonds is 6. The summed E-state index contributed by atoms with van der Waals surface area (Å²) in [5, 5.41) is 1.21. The summed E-state index contributed by atoms with van der Waals surface area (Å²) in [6, 6.07) is 17.5. The molecule has 124 valence electrons. The second kappa shape index (κ2) is 8.73. The molecule has 0 aliphatic heterocycles. The van der Waals surface area contributed by atoms with Crippen molar-refractivity contribution in [3.05, 3.63) is 66.2 Å². The molecule has 0 aliphatic carbocycles. The third kappa shape index (κ3) is 5.44. The Morgan fingerprint density at radius 1 is 1.00 bits per heavy atom. The van der Waals surface area contributed by atoms with Crippen LogP contribution in [0, 0.1) is 0 Å². The van der Waals surface area contributed by atoms with Crippen LogP contribution in [0.25, 0.3) is 0 Å². The van der Waals surface area contributed by atoms with E-state index in [1.54, 1.807) is 0 Å².